The molecule has 258 valence electrons. The molecule has 0 spiro atoms. The van der Waals surface area contributed by atoms with E-state index in [-0.39, 0.29) is 24.2 Å². The topological polar surface area (TPSA) is 124 Å². The molecular formula is C37H50N6O5. The number of anilines is 2. The predicted octanol–water partition coefficient (Wildman–Crippen LogP) is 5.06. The Morgan fingerprint density at radius 1 is 1.08 bits per heavy atom. The third kappa shape index (κ3) is 8.36. The van der Waals surface area contributed by atoms with Crippen LogP contribution >= 0.6 is 0 Å². The van der Waals surface area contributed by atoms with E-state index in [1.807, 2.05) is 30.0 Å². The Kier molecular flexibility index (Phi) is 11.0. The van der Waals surface area contributed by atoms with Gasteiger partial charge in [0.05, 0.1) is 11.8 Å². The molecule has 6 rings (SSSR count). The molecule has 0 bridgehead atoms. The van der Waals surface area contributed by atoms with E-state index in [4.69, 9.17) is 14.1 Å². The van der Waals surface area contributed by atoms with Crippen LogP contribution in [0, 0.1) is 13.8 Å². The zero-order valence-corrected chi connectivity index (χ0v) is 28.7. The molecule has 3 aliphatic rings. The predicted molar refractivity (Wildman–Crippen MR) is 185 cm³/mol. The quantitative estimate of drug-likeness (QED) is 0.255. The van der Waals surface area contributed by atoms with E-state index in [1.54, 1.807) is 6.92 Å². The third-order valence-corrected chi connectivity index (χ3v) is 10.2. The summed E-state index contributed by atoms with van der Waals surface area (Å²) < 4.78 is 11.5. The number of aryl methyl sites for hydroxylation is 1. The molecular weight excluding hydrogens is 608 g/mol. The molecule has 1 atom stereocenters. The van der Waals surface area contributed by atoms with Gasteiger partial charge in [-0.1, -0.05) is 6.07 Å². The van der Waals surface area contributed by atoms with Crippen LogP contribution < -0.4 is 15.0 Å². The fourth-order valence-corrected chi connectivity index (χ4v) is 7.21. The minimum Gasteiger partial charge on any atom is -0.485 e. The summed E-state index contributed by atoms with van der Waals surface area (Å²) in [4.78, 5) is 40.8. The molecule has 2 aromatic heterocycles. The second-order valence-electron chi connectivity index (χ2n) is 13.6. The number of amides is 1. The summed E-state index contributed by atoms with van der Waals surface area (Å²) in [6.07, 6.45) is 7.56. The van der Waals surface area contributed by atoms with Gasteiger partial charge in [0.15, 0.2) is 17.9 Å². The van der Waals surface area contributed by atoms with Crippen molar-refractivity contribution in [2.75, 3.05) is 49.5 Å². The van der Waals surface area contributed by atoms with Gasteiger partial charge in [0, 0.05) is 70.8 Å². The van der Waals surface area contributed by atoms with E-state index in [9.17, 15) is 14.7 Å². The molecule has 0 radical (unpaired) electrons. The maximum atomic E-state index is 13.6. The van der Waals surface area contributed by atoms with Crippen LogP contribution in [0.3, 0.4) is 0 Å². The van der Waals surface area contributed by atoms with Crippen LogP contribution in [0.25, 0.3) is 0 Å². The number of aliphatic hydroxyl groups excluding tert-OH is 1. The van der Waals surface area contributed by atoms with Gasteiger partial charge >= 0.3 is 0 Å². The lowest BCUT2D eigenvalue weighted by molar-refractivity contribution is -0.129. The first-order valence-corrected chi connectivity index (χ1v) is 17.6. The van der Waals surface area contributed by atoms with Crippen molar-refractivity contribution in [3.05, 3.63) is 64.4 Å². The Balaban J connectivity index is 1.04. The largest absolute Gasteiger partial charge is 0.485 e. The summed E-state index contributed by atoms with van der Waals surface area (Å²) in [5.41, 5.74) is 5.18. The average Bonchev–Trinajstić information content (AvgIpc) is 3.51. The molecule has 11 heteroatoms. The maximum absolute atomic E-state index is 13.6. The molecule has 2 fully saturated rings. The van der Waals surface area contributed by atoms with Crippen molar-refractivity contribution >= 4 is 23.3 Å². The van der Waals surface area contributed by atoms with Crippen LogP contribution in [0.1, 0.15) is 90.4 Å². The number of carbonyl (C=O) groups excluding carboxylic acids is 2. The number of nitrogens with one attached hydrogen (secondary N) is 1. The van der Waals surface area contributed by atoms with Crippen molar-refractivity contribution in [1.82, 2.24) is 19.8 Å². The number of ketones is 1. The van der Waals surface area contributed by atoms with Gasteiger partial charge in [-0.2, -0.15) is 0 Å². The molecule has 0 unspecified atom stereocenters. The summed E-state index contributed by atoms with van der Waals surface area (Å²) in [5.74, 6) is 3.28. The number of ether oxygens (including phenoxy) is 1. The average molecular weight is 659 g/mol. The Morgan fingerprint density at radius 3 is 2.60 bits per heavy atom. The zero-order valence-electron chi connectivity index (χ0n) is 28.7. The minimum atomic E-state index is -0.600. The zero-order chi connectivity index (χ0) is 33.6. The number of oxazole rings is 1. The van der Waals surface area contributed by atoms with E-state index in [0.29, 0.717) is 31.0 Å². The second kappa shape index (κ2) is 15.5. The van der Waals surface area contributed by atoms with Crippen LogP contribution in [0.5, 0.6) is 5.75 Å². The number of aromatic nitrogens is 2. The number of β-amino-alcohol motifs (C(OH)–C–C–N with tert-alkyl or cyclic N) is 1. The lowest BCUT2D eigenvalue weighted by atomic mass is 9.94. The number of aliphatic hydroxyl groups is 1. The highest BCUT2D eigenvalue weighted by Crippen LogP contribution is 2.30. The summed E-state index contributed by atoms with van der Waals surface area (Å²) in [7, 11) is 0. The molecule has 11 nitrogen and oxygen atoms in total. The number of Topliss-reactive ketones (excluding diaryl/α,β-unsaturated/α-hetero) is 1. The number of carbonyl (C=O) groups is 2. The highest BCUT2D eigenvalue weighted by atomic mass is 16.5. The highest BCUT2D eigenvalue weighted by molar-refractivity contribution is 5.97. The van der Waals surface area contributed by atoms with Crippen LogP contribution in [0.15, 0.2) is 35.1 Å². The van der Waals surface area contributed by atoms with E-state index in [0.717, 1.165) is 100.0 Å². The number of fused-ring (bicyclic) bond motifs is 1. The third-order valence-electron chi connectivity index (χ3n) is 10.2. The number of likely N-dealkylation sites (tertiary alicyclic amines) is 1. The van der Waals surface area contributed by atoms with Crippen molar-refractivity contribution in [3.8, 4) is 5.75 Å². The van der Waals surface area contributed by atoms with E-state index >= 15 is 0 Å². The van der Waals surface area contributed by atoms with Gasteiger partial charge in [-0.25, -0.2) is 9.97 Å². The number of nitrogens with zero attached hydrogens (tertiary/aromatic N) is 5. The van der Waals surface area contributed by atoms with Crippen molar-refractivity contribution < 1.29 is 23.8 Å². The molecule has 2 N–H and O–H groups in total. The van der Waals surface area contributed by atoms with Crippen molar-refractivity contribution in [2.24, 2.45) is 0 Å². The number of piperidine rings is 2. The molecule has 48 heavy (non-hydrogen) atoms. The smallest absolute Gasteiger partial charge is 0.219 e. The Labute approximate surface area is 283 Å². The molecule has 5 heterocycles. The molecule has 2 saturated heterocycles. The van der Waals surface area contributed by atoms with Crippen LogP contribution in [0.4, 0.5) is 11.6 Å². The van der Waals surface area contributed by atoms with E-state index < -0.39 is 6.10 Å². The normalized spacial score (nSPS) is 18.0. The van der Waals surface area contributed by atoms with Gasteiger partial charge in [-0.15, -0.1) is 0 Å². The van der Waals surface area contributed by atoms with Crippen LogP contribution in [-0.4, -0.2) is 88.0 Å². The number of pyridine rings is 1. The van der Waals surface area contributed by atoms with Crippen molar-refractivity contribution in [1.29, 1.82) is 0 Å². The number of rotatable bonds is 12. The van der Waals surface area contributed by atoms with Gasteiger partial charge in [-0.05, 0) is 93.7 Å². The highest BCUT2D eigenvalue weighted by Gasteiger charge is 2.25. The SMILES string of the molecule is CC(=O)N1CCC(Nc2cc(C(=O)CC[C@H](O)CN3CCc4c(ccc(OCc5ocnc5C)c4C)C3)cc(N3CCCCC3)n2)CC1. The standard InChI is InChI=1S/C37H50N6O5/c1-25-32-13-16-41(21-28(32)7-10-34(25)47-23-35-26(2)38-24-48-35)22-31(45)8-9-33(46)29-19-36(39-30-11-17-42(18-12-30)27(3)44)40-37(20-29)43-14-5-4-6-15-43/h7,10,19-20,24,30-31,45H,4-6,8-9,11-18,21-23H2,1-3H3,(H,39,40)/t31-/m0/s1. The lowest BCUT2D eigenvalue weighted by Crippen LogP contribution is -2.41. The Hall–Kier alpha value is -3.96. The molecule has 3 aromatic rings. The van der Waals surface area contributed by atoms with Gasteiger partial charge in [-0.3, -0.25) is 14.5 Å². The Bertz CT molecular complexity index is 1580. The lowest BCUT2D eigenvalue weighted by Gasteiger charge is -2.32. The molecule has 3 aliphatic heterocycles. The van der Waals surface area contributed by atoms with Crippen LogP contribution in [-0.2, 0) is 24.4 Å². The van der Waals surface area contributed by atoms with Gasteiger partial charge in [0.2, 0.25) is 5.91 Å². The summed E-state index contributed by atoms with van der Waals surface area (Å²) in [6, 6.07) is 8.14. The van der Waals surface area contributed by atoms with Crippen molar-refractivity contribution in [2.45, 2.75) is 97.4 Å². The van der Waals surface area contributed by atoms with Crippen LogP contribution in [0.2, 0.25) is 0 Å². The first-order chi connectivity index (χ1) is 23.2. The maximum Gasteiger partial charge on any atom is 0.219 e. The van der Waals surface area contributed by atoms with Gasteiger partial charge in [0.1, 0.15) is 24.0 Å². The fourth-order valence-electron chi connectivity index (χ4n) is 7.21. The Morgan fingerprint density at radius 2 is 1.88 bits per heavy atom. The number of hydrogen-bond acceptors (Lipinski definition) is 10. The monoisotopic (exact) mass is 658 g/mol. The number of benzene rings is 1. The fraction of sp³-hybridized carbons (Fsp3) is 0.568. The second-order valence-corrected chi connectivity index (χ2v) is 13.6. The summed E-state index contributed by atoms with van der Waals surface area (Å²) in [6.45, 7) is 11.4. The molecule has 0 saturated carbocycles. The first kappa shape index (κ1) is 33.9. The molecule has 1 amide bonds. The van der Waals surface area contributed by atoms with E-state index in [1.165, 1.54) is 23.9 Å². The summed E-state index contributed by atoms with van der Waals surface area (Å²) >= 11 is 0. The van der Waals surface area contributed by atoms with E-state index in [2.05, 4.69) is 33.1 Å². The minimum absolute atomic E-state index is 0.0248. The van der Waals surface area contributed by atoms with Crippen molar-refractivity contribution in [3.63, 3.8) is 0 Å². The molecule has 1 aromatic carbocycles. The van der Waals surface area contributed by atoms with Gasteiger partial charge in [0.25, 0.3) is 0 Å². The summed E-state index contributed by atoms with van der Waals surface area (Å²) in [5, 5.41) is 14.6. The molecule has 0 aliphatic carbocycles. The number of hydrogen-bond donors (Lipinski definition) is 2. The first-order valence-electron chi connectivity index (χ1n) is 17.6. The van der Waals surface area contributed by atoms with Gasteiger partial charge < -0.3 is 29.4 Å².